The molecule has 2 N–H and O–H groups in total. The van der Waals surface area contributed by atoms with E-state index in [0.29, 0.717) is 28.5 Å². The lowest BCUT2D eigenvalue weighted by Crippen LogP contribution is -2.52. The molecule has 1 atom stereocenters. The molecule has 0 aliphatic carbocycles. The zero-order valence-corrected chi connectivity index (χ0v) is 19.1. The summed E-state index contributed by atoms with van der Waals surface area (Å²) in [7, 11) is 0. The summed E-state index contributed by atoms with van der Waals surface area (Å²) in [4.78, 5) is 59.0. The molecule has 4 aromatic rings. The van der Waals surface area contributed by atoms with Crippen LogP contribution in [0.4, 0.5) is 5.69 Å². The Labute approximate surface area is 208 Å². The number of hydrogen-bond donors (Lipinski definition) is 2. The van der Waals surface area contributed by atoms with Crippen molar-refractivity contribution in [1.29, 1.82) is 0 Å². The van der Waals surface area contributed by atoms with Gasteiger partial charge in [0.1, 0.15) is 6.04 Å². The summed E-state index contributed by atoms with van der Waals surface area (Å²) in [5.41, 5.74) is 2.29. The van der Waals surface area contributed by atoms with Gasteiger partial charge in [0.05, 0.1) is 30.0 Å². The standard InChI is InChI=1S/C23H18N10O4/c34-19-5-4-18(21(36)28-19)31-10-13-8-15(2-3-16(13)22(31)37)32-12-17(29-30-32)20(35)27-14-9-26-33(11-14)23-24-6-1-7-25-23/h1-3,6-9,11-12,18H,4-5,10H2,(H,27,35)(H,28,34,36). The average molecular weight is 498 g/mol. The number of hydrogen-bond acceptors (Lipinski definition) is 9. The van der Waals surface area contributed by atoms with Crippen LogP contribution in [-0.4, -0.2) is 69.3 Å². The van der Waals surface area contributed by atoms with Crippen LogP contribution in [0.2, 0.25) is 0 Å². The fraction of sp³-hybridized carbons (Fsp3) is 0.174. The number of nitrogens with zero attached hydrogens (tertiary/aromatic N) is 8. The van der Waals surface area contributed by atoms with Crippen LogP contribution in [0, 0.1) is 0 Å². The van der Waals surface area contributed by atoms with Gasteiger partial charge in [0, 0.05) is 30.9 Å². The van der Waals surface area contributed by atoms with Crippen LogP contribution in [0.15, 0.2) is 55.2 Å². The predicted octanol–water partition coefficient (Wildman–Crippen LogP) is 0.256. The molecule has 14 nitrogen and oxygen atoms in total. The molecule has 0 bridgehead atoms. The van der Waals surface area contributed by atoms with Crippen molar-refractivity contribution >= 4 is 29.3 Å². The van der Waals surface area contributed by atoms with Crippen LogP contribution in [0.1, 0.15) is 39.3 Å². The first-order valence-corrected chi connectivity index (χ1v) is 11.3. The zero-order chi connectivity index (χ0) is 25.5. The van der Waals surface area contributed by atoms with Crippen molar-refractivity contribution in [2.75, 3.05) is 5.32 Å². The molecule has 37 heavy (non-hydrogen) atoms. The number of amides is 4. The van der Waals surface area contributed by atoms with E-state index in [1.807, 2.05) is 0 Å². The van der Waals surface area contributed by atoms with E-state index in [-0.39, 0.29) is 36.9 Å². The largest absolute Gasteiger partial charge is 0.322 e. The molecule has 184 valence electrons. The minimum Gasteiger partial charge on any atom is -0.322 e. The number of piperidine rings is 1. The number of carbonyl (C=O) groups is 4. The van der Waals surface area contributed by atoms with Crippen LogP contribution >= 0.6 is 0 Å². The third kappa shape index (κ3) is 4.09. The minimum absolute atomic E-state index is 0.0745. The summed E-state index contributed by atoms with van der Waals surface area (Å²) in [6.07, 6.45) is 8.15. The minimum atomic E-state index is -0.694. The molecule has 1 unspecified atom stereocenters. The van der Waals surface area contributed by atoms with Gasteiger partial charge < -0.3 is 10.2 Å². The second kappa shape index (κ2) is 8.75. The molecule has 1 fully saturated rings. The highest BCUT2D eigenvalue weighted by molar-refractivity contribution is 6.05. The maximum Gasteiger partial charge on any atom is 0.277 e. The number of carbonyl (C=O) groups excluding carboxylic acids is 4. The van der Waals surface area contributed by atoms with Crippen molar-refractivity contribution in [3.8, 4) is 11.6 Å². The van der Waals surface area contributed by atoms with Gasteiger partial charge in [-0.1, -0.05) is 5.21 Å². The first kappa shape index (κ1) is 22.2. The third-order valence-electron chi connectivity index (χ3n) is 6.10. The van der Waals surface area contributed by atoms with Crippen molar-refractivity contribution in [1.82, 2.24) is 45.0 Å². The first-order chi connectivity index (χ1) is 18.0. The van der Waals surface area contributed by atoms with Gasteiger partial charge in [0.15, 0.2) is 5.69 Å². The van der Waals surface area contributed by atoms with Crippen molar-refractivity contribution in [3.63, 3.8) is 0 Å². The second-order valence-corrected chi connectivity index (χ2v) is 8.47. The molecule has 4 amide bonds. The smallest absolute Gasteiger partial charge is 0.277 e. The highest BCUT2D eigenvalue weighted by Gasteiger charge is 2.39. The van der Waals surface area contributed by atoms with E-state index < -0.39 is 17.9 Å². The molecule has 5 heterocycles. The quantitative estimate of drug-likeness (QED) is 0.366. The summed E-state index contributed by atoms with van der Waals surface area (Å²) >= 11 is 0. The Morgan fingerprint density at radius 2 is 1.92 bits per heavy atom. The van der Waals surface area contributed by atoms with Gasteiger partial charge >= 0.3 is 0 Å². The monoisotopic (exact) mass is 498 g/mol. The van der Waals surface area contributed by atoms with E-state index >= 15 is 0 Å². The molecule has 0 radical (unpaired) electrons. The highest BCUT2D eigenvalue weighted by atomic mass is 16.2. The summed E-state index contributed by atoms with van der Waals surface area (Å²) in [6, 6.07) is 6.09. The Morgan fingerprint density at radius 3 is 2.73 bits per heavy atom. The molecule has 3 aromatic heterocycles. The lowest BCUT2D eigenvalue weighted by Gasteiger charge is -2.29. The molecule has 2 aliphatic heterocycles. The van der Waals surface area contributed by atoms with Crippen LogP contribution in [0.25, 0.3) is 11.6 Å². The van der Waals surface area contributed by atoms with Crippen molar-refractivity contribution in [2.45, 2.75) is 25.4 Å². The first-order valence-electron chi connectivity index (χ1n) is 11.3. The summed E-state index contributed by atoms with van der Waals surface area (Å²) < 4.78 is 2.85. The van der Waals surface area contributed by atoms with Crippen molar-refractivity contribution < 1.29 is 19.2 Å². The van der Waals surface area contributed by atoms with E-state index in [1.165, 1.54) is 26.7 Å². The van der Waals surface area contributed by atoms with E-state index in [4.69, 9.17) is 0 Å². The van der Waals surface area contributed by atoms with E-state index in [0.717, 1.165) is 0 Å². The van der Waals surface area contributed by atoms with Gasteiger partial charge in [-0.15, -0.1) is 5.10 Å². The molecule has 1 aromatic carbocycles. The molecule has 1 saturated heterocycles. The van der Waals surface area contributed by atoms with Gasteiger partial charge in [0.25, 0.3) is 11.8 Å². The Balaban J connectivity index is 1.16. The second-order valence-electron chi connectivity index (χ2n) is 8.47. The number of aromatic nitrogens is 7. The van der Waals surface area contributed by atoms with Crippen molar-refractivity contribution in [3.05, 3.63) is 72.1 Å². The van der Waals surface area contributed by atoms with E-state index in [2.05, 4.69) is 36.0 Å². The number of rotatable bonds is 5. The molecule has 0 saturated carbocycles. The normalized spacial score (nSPS) is 17.0. The molecular weight excluding hydrogens is 480 g/mol. The summed E-state index contributed by atoms with van der Waals surface area (Å²) in [6.45, 7) is 0.228. The molecule has 6 rings (SSSR count). The predicted molar refractivity (Wildman–Crippen MR) is 125 cm³/mol. The maximum absolute atomic E-state index is 12.9. The average Bonchev–Trinajstić information content (AvgIpc) is 3.64. The Bertz CT molecular complexity index is 1560. The lowest BCUT2D eigenvalue weighted by atomic mass is 10.0. The SMILES string of the molecule is O=C1CCC(N2Cc3cc(-n4cc(C(=O)Nc5cnn(-c6ncccn6)c5)nn4)ccc3C2=O)C(=O)N1. The number of anilines is 1. The van der Waals surface area contributed by atoms with Crippen LogP contribution < -0.4 is 10.6 Å². The van der Waals surface area contributed by atoms with Gasteiger partial charge in [-0.3, -0.25) is 24.5 Å². The fourth-order valence-corrected chi connectivity index (χ4v) is 4.30. The Morgan fingerprint density at radius 1 is 1.08 bits per heavy atom. The lowest BCUT2D eigenvalue weighted by molar-refractivity contribution is -0.136. The fourth-order valence-electron chi connectivity index (χ4n) is 4.30. The van der Waals surface area contributed by atoms with Gasteiger partial charge in [-0.25, -0.2) is 19.3 Å². The summed E-state index contributed by atoms with van der Waals surface area (Å²) in [5, 5.41) is 17.1. The van der Waals surface area contributed by atoms with Crippen molar-refractivity contribution in [2.24, 2.45) is 0 Å². The number of nitrogens with one attached hydrogen (secondary N) is 2. The van der Waals surface area contributed by atoms with Gasteiger partial charge in [-0.05, 0) is 36.2 Å². The molecular formula is C23H18N10O4. The Kier molecular flexibility index (Phi) is 5.25. The third-order valence-corrected chi connectivity index (χ3v) is 6.10. The molecule has 0 spiro atoms. The van der Waals surface area contributed by atoms with E-state index in [1.54, 1.807) is 42.9 Å². The molecule has 14 heteroatoms. The van der Waals surface area contributed by atoms with Crippen LogP contribution in [-0.2, 0) is 16.1 Å². The molecule has 2 aliphatic rings. The zero-order valence-electron chi connectivity index (χ0n) is 19.1. The topological polar surface area (TPSA) is 170 Å². The van der Waals surface area contributed by atoms with Gasteiger partial charge in [-0.2, -0.15) is 5.10 Å². The Hall–Kier alpha value is -5.27. The highest BCUT2D eigenvalue weighted by Crippen LogP contribution is 2.29. The number of imide groups is 1. The van der Waals surface area contributed by atoms with Crippen LogP contribution in [0.3, 0.4) is 0 Å². The van der Waals surface area contributed by atoms with Crippen LogP contribution in [0.5, 0.6) is 0 Å². The number of fused-ring (bicyclic) bond motifs is 1. The van der Waals surface area contributed by atoms with Gasteiger partial charge in [0.2, 0.25) is 17.8 Å². The summed E-state index contributed by atoms with van der Waals surface area (Å²) in [5.74, 6) is -1.19. The number of benzene rings is 1. The van der Waals surface area contributed by atoms with E-state index in [9.17, 15) is 19.2 Å². The maximum atomic E-state index is 12.9.